The Labute approximate surface area is 160 Å². The van der Waals surface area contributed by atoms with E-state index in [-0.39, 0.29) is 10.6 Å². The third-order valence-corrected chi connectivity index (χ3v) is 5.06. The maximum absolute atomic E-state index is 12.3. The second kappa shape index (κ2) is 8.60. The van der Waals surface area contributed by atoms with Crippen LogP contribution in [0.1, 0.15) is 15.9 Å². The Morgan fingerprint density at radius 1 is 1.11 bits per heavy atom. The SMILES string of the molecule is COC(=O)c1ccccc1CCSc1c(O)cc(-c2ccccc2)oc1=O. The van der Waals surface area contributed by atoms with Gasteiger partial charge in [0.25, 0.3) is 0 Å². The topological polar surface area (TPSA) is 76.7 Å². The fraction of sp³-hybridized carbons (Fsp3) is 0.143. The van der Waals surface area contributed by atoms with Gasteiger partial charge in [0.1, 0.15) is 16.4 Å². The van der Waals surface area contributed by atoms with Crippen molar-refractivity contribution in [2.75, 3.05) is 12.9 Å². The smallest absolute Gasteiger partial charge is 0.353 e. The van der Waals surface area contributed by atoms with Crippen LogP contribution < -0.4 is 5.63 Å². The maximum atomic E-state index is 12.3. The van der Waals surface area contributed by atoms with Crippen LogP contribution in [0.4, 0.5) is 0 Å². The van der Waals surface area contributed by atoms with Crippen LogP contribution in [0.15, 0.2) is 74.8 Å². The molecule has 0 spiro atoms. The molecule has 0 aliphatic rings. The van der Waals surface area contributed by atoms with Crippen molar-refractivity contribution in [1.82, 2.24) is 0 Å². The average molecular weight is 382 g/mol. The number of aromatic hydroxyl groups is 1. The summed E-state index contributed by atoms with van der Waals surface area (Å²) in [4.78, 5) is 24.2. The molecule has 5 nitrogen and oxygen atoms in total. The predicted octanol–water partition coefficient (Wildman–Crippen LogP) is 4.13. The largest absolute Gasteiger partial charge is 0.506 e. The van der Waals surface area contributed by atoms with Crippen molar-refractivity contribution < 1.29 is 19.1 Å². The van der Waals surface area contributed by atoms with Crippen LogP contribution in [0.2, 0.25) is 0 Å². The second-order valence-corrected chi connectivity index (χ2v) is 6.83. The number of benzene rings is 2. The van der Waals surface area contributed by atoms with Crippen molar-refractivity contribution in [2.24, 2.45) is 0 Å². The predicted molar refractivity (Wildman–Crippen MR) is 104 cm³/mol. The summed E-state index contributed by atoms with van der Waals surface area (Å²) in [7, 11) is 1.34. The van der Waals surface area contributed by atoms with Crippen LogP contribution in [0.25, 0.3) is 11.3 Å². The summed E-state index contributed by atoms with van der Waals surface area (Å²) in [6, 6.07) is 17.7. The minimum Gasteiger partial charge on any atom is -0.506 e. The molecule has 1 aromatic heterocycles. The van der Waals surface area contributed by atoms with Gasteiger partial charge in [-0.25, -0.2) is 9.59 Å². The van der Waals surface area contributed by atoms with Gasteiger partial charge in [0.05, 0.1) is 12.7 Å². The van der Waals surface area contributed by atoms with Crippen molar-refractivity contribution in [3.05, 3.63) is 82.2 Å². The number of carbonyl (C=O) groups excluding carboxylic acids is 1. The van der Waals surface area contributed by atoms with E-state index in [0.29, 0.717) is 29.1 Å². The van der Waals surface area contributed by atoms with Crippen LogP contribution in [0.5, 0.6) is 5.75 Å². The van der Waals surface area contributed by atoms with Gasteiger partial charge in [-0.05, 0) is 18.1 Å². The summed E-state index contributed by atoms with van der Waals surface area (Å²) in [5.41, 5.74) is 1.45. The Bertz CT molecular complexity index is 995. The molecule has 0 saturated heterocycles. The molecule has 3 rings (SSSR count). The van der Waals surface area contributed by atoms with Gasteiger partial charge in [-0.1, -0.05) is 48.5 Å². The summed E-state index contributed by atoms with van der Waals surface area (Å²) >= 11 is 1.19. The zero-order chi connectivity index (χ0) is 19.2. The van der Waals surface area contributed by atoms with Crippen molar-refractivity contribution in [3.8, 4) is 17.1 Å². The molecular weight excluding hydrogens is 364 g/mol. The summed E-state index contributed by atoms with van der Waals surface area (Å²) < 4.78 is 10.1. The van der Waals surface area contributed by atoms with Crippen LogP contribution in [0, 0.1) is 0 Å². The Balaban J connectivity index is 1.74. The maximum Gasteiger partial charge on any atom is 0.353 e. The fourth-order valence-corrected chi connectivity index (χ4v) is 3.55. The number of rotatable bonds is 6. The fourth-order valence-electron chi connectivity index (χ4n) is 2.66. The number of methoxy groups -OCH3 is 1. The summed E-state index contributed by atoms with van der Waals surface area (Å²) in [6.07, 6.45) is 0.537. The highest BCUT2D eigenvalue weighted by molar-refractivity contribution is 7.99. The molecule has 0 atom stereocenters. The summed E-state index contributed by atoms with van der Waals surface area (Å²) in [5.74, 6) is 0.303. The third-order valence-electron chi connectivity index (χ3n) is 3.99. The van der Waals surface area contributed by atoms with E-state index >= 15 is 0 Å². The number of esters is 1. The van der Waals surface area contributed by atoms with E-state index in [0.717, 1.165) is 5.56 Å². The number of hydrogen-bond acceptors (Lipinski definition) is 6. The Morgan fingerprint density at radius 2 is 1.81 bits per heavy atom. The lowest BCUT2D eigenvalue weighted by Crippen LogP contribution is -2.07. The molecule has 0 amide bonds. The highest BCUT2D eigenvalue weighted by Crippen LogP contribution is 2.30. The van der Waals surface area contributed by atoms with Crippen molar-refractivity contribution in [2.45, 2.75) is 11.3 Å². The molecule has 0 fully saturated rings. The number of ether oxygens (including phenoxy) is 1. The van der Waals surface area contributed by atoms with Crippen molar-refractivity contribution in [1.29, 1.82) is 0 Å². The molecule has 6 heteroatoms. The summed E-state index contributed by atoms with van der Waals surface area (Å²) in [6.45, 7) is 0. The van der Waals surface area contributed by atoms with E-state index in [9.17, 15) is 14.7 Å². The van der Waals surface area contributed by atoms with E-state index in [4.69, 9.17) is 9.15 Å². The Hall–Kier alpha value is -2.99. The van der Waals surface area contributed by atoms with Crippen LogP contribution in [-0.4, -0.2) is 23.9 Å². The van der Waals surface area contributed by atoms with Gasteiger partial charge in [0, 0.05) is 17.4 Å². The number of aryl methyl sites for hydroxylation is 1. The van der Waals surface area contributed by atoms with Gasteiger partial charge in [-0.2, -0.15) is 0 Å². The minimum atomic E-state index is -0.583. The lowest BCUT2D eigenvalue weighted by Gasteiger charge is -2.08. The van der Waals surface area contributed by atoms with Gasteiger partial charge in [0.15, 0.2) is 0 Å². The first kappa shape index (κ1) is 18.8. The third kappa shape index (κ3) is 4.41. The molecule has 0 aliphatic heterocycles. The second-order valence-electron chi connectivity index (χ2n) is 5.73. The normalized spacial score (nSPS) is 10.6. The van der Waals surface area contributed by atoms with Gasteiger partial charge >= 0.3 is 11.6 Å². The summed E-state index contributed by atoms with van der Waals surface area (Å²) in [5, 5.41) is 10.3. The van der Waals surface area contributed by atoms with Crippen molar-refractivity contribution >= 4 is 17.7 Å². The van der Waals surface area contributed by atoms with E-state index in [1.54, 1.807) is 24.3 Å². The molecule has 1 N–H and O–H groups in total. The monoisotopic (exact) mass is 382 g/mol. The quantitative estimate of drug-likeness (QED) is 0.510. The molecule has 0 unspecified atom stereocenters. The lowest BCUT2D eigenvalue weighted by molar-refractivity contribution is 0.0599. The average Bonchev–Trinajstić information content (AvgIpc) is 2.70. The highest BCUT2D eigenvalue weighted by atomic mass is 32.2. The molecule has 0 bridgehead atoms. The van der Waals surface area contributed by atoms with Crippen LogP contribution >= 0.6 is 11.8 Å². The first-order valence-electron chi connectivity index (χ1n) is 8.31. The van der Waals surface area contributed by atoms with E-state index in [1.807, 2.05) is 30.3 Å². The Morgan fingerprint density at radius 3 is 2.52 bits per heavy atom. The molecule has 0 aliphatic carbocycles. The van der Waals surface area contributed by atoms with Crippen LogP contribution in [-0.2, 0) is 11.2 Å². The van der Waals surface area contributed by atoms with Gasteiger partial charge in [0.2, 0.25) is 0 Å². The van der Waals surface area contributed by atoms with Gasteiger partial charge in [-0.15, -0.1) is 11.8 Å². The number of hydrogen-bond donors (Lipinski definition) is 1. The first-order chi connectivity index (χ1) is 13.1. The van der Waals surface area contributed by atoms with Gasteiger partial charge < -0.3 is 14.3 Å². The number of carbonyl (C=O) groups is 1. The standard InChI is InChI=1S/C21H18O5S/c1-25-20(23)16-10-6-5-7-14(16)11-12-27-19-17(22)13-18(26-21(19)24)15-8-3-2-4-9-15/h2-10,13,22H,11-12H2,1H3. The Kier molecular flexibility index (Phi) is 5.98. The highest BCUT2D eigenvalue weighted by Gasteiger charge is 2.15. The molecular formula is C21H18O5S. The van der Waals surface area contributed by atoms with E-state index < -0.39 is 11.6 Å². The van der Waals surface area contributed by atoms with Gasteiger partial charge in [-0.3, -0.25) is 0 Å². The zero-order valence-corrected chi connectivity index (χ0v) is 15.5. The molecule has 1 heterocycles. The molecule has 2 aromatic carbocycles. The van der Waals surface area contributed by atoms with Crippen molar-refractivity contribution in [3.63, 3.8) is 0 Å². The number of thioether (sulfide) groups is 1. The zero-order valence-electron chi connectivity index (χ0n) is 14.7. The molecule has 0 saturated carbocycles. The molecule has 0 radical (unpaired) electrons. The van der Waals surface area contributed by atoms with E-state index in [1.165, 1.54) is 24.9 Å². The molecule has 138 valence electrons. The first-order valence-corrected chi connectivity index (χ1v) is 9.30. The van der Waals surface area contributed by atoms with E-state index in [2.05, 4.69) is 0 Å². The molecule has 3 aromatic rings. The minimum absolute atomic E-state index is 0.114. The molecule has 27 heavy (non-hydrogen) atoms. The van der Waals surface area contributed by atoms with Crippen LogP contribution in [0.3, 0.4) is 0 Å². The lowest BCUT2D eigenvalue weighted by atomic mass is 10.1.